The molecule has 1 unspecified atom stereocenters. The molecule has 1 aliphatic heterocycles. The second kappa shape index (κ2) is 14.3. The van der Waals surface area contributed by atoms with Gasteiger partial charge in [-0.15, -0.1) is 0 Å². The molecule has 21 heteroatoms. The van der Waals surface area contributed by atoms with Gasteiger partial charge in [-0.25, -0.2) is 15.0 Å². The van der Waals surface area contributed by atoms with Crippen molar-refractivity contribution in [2.75, 3.05) is 29.2 Å². The highest BCUT2D eigenvalue weighted by molar-refractivity contribution is 7.96. The summed E-state index contributed by atoms with van der Waals surface area (Å²) in [6.45, 7) is 1.37. The maximum absolute atomic E-state index is 10.8. The summed E-state index contributed by atoms with van der Waals surface area (Å²) in [5, 5.41) is 29.7. The molecule has 0 amide bonds. The molecule has 0 spiro atoms. The highest BCUT2D eigenvalue weighted by Gasteiger charge is 2.46. The first-order valence-electron chi connectivity index (χ1n) is 10.5. The number of hydrogen-bond donors (Lipinski definition) is 6. The Hall–Kier alpha value is -2.21. The molecule has 0 saturated carbocycles. The molecule has 3 heterocycles. The third-order valence-corrected chi connectivity index (χ3v) is 7.47. The van der Waals surface area contributed by atoms with Crippen molar-refractivity contribution in [2.45, 2.75) is 43.9 Å². The van der Waals surface area contributed by atoms with Crippen LogP contribution in [-0.2, 0) is 40.9 Å². The van der Waals surface area contributed by atoms with E-state index in [0.29, 0.717) is 29.1 Å². The van der Waals surface area contributed by atoms with Gasteiger partial charge in [0.2, 0.25) is 0 Å². The largest absolute Gasteiger partial charge is 0.759 e. The van der Waals surface area contributed by atoms with Crippen LogP contribution in [0.15, 0.2) is 12.7 Å². The number of nitrogens with two attached hydrogens (primary N) is 2. The van der Waals surface area contributed by atoms with Crippen molar-refractivity contribution in [3.8, 4) is 0 Å². The Bertz CT molecular complexity index is 1270. The summed E-state index contributed by atoms with van der Waals surface area (Å²) in [5.74, 6) is 0.0530. The number of carboxylic acid groups (broad SMARTS) is 1. The molecule has 0 bridgehead atoms. The summed E-state index contributed by atoms with van der Waals surface area (Å²) in [4.78, 5) is 23.0. The minimum Gasteiger partial charge on any atom is -0.759 e. The Morgan fingerprint density at radius 1 is 1.21 bits per heavy atom. The molecule has 1 saturated heterocycles. The molecular weight excluding hydrogens is 576 g/mol. The van der Waals surface area contributed by atoms with Gasteiger partial charge in [-0.1, -0.05) is 0 Å². The minimum absolute atomic E-state index is 0.201. The SMILES string of the molecule is CCS(=O)(=O)O.C[S+](CC[C@H](N)C(=O)O)C[C@H]1O[C@@H](n2cnc3c(N)ncnc32)[C@H](O)[C@@H]1O.O=S(=O)([O-])[O-]. The van der Waals surface area contributed by atoms with Crippen molar-refractivity contribution >= 4 is 54.4 Å². The number of aliphatic hydroxyl groups is 2. The van der Waals surface area contributed by atoms with Crippen LogP contribution in [-0.4, -0.2) is 119 Å². The first-order valence-corrected chi connectivity index (χ1v) is 15.4. The summed E-state index contributed by atoms with van der Waals surface area (Å²) in [7, 11) is -9.06. The van der Waals surface area contributed by atoms with E-state index in [1.165, 1.54) is 24.1 Å². The first-order chi connectivity index (χ1) is 17.4. The lowest BCUT2D eigenvalue weighted by Crippen LogP contribution is -2.37. The summed E-state index contributed by atoms with van der Waals surface area (Å²) < 4.78 is 68.4. The van der Waals surface area contributed by atoms with E-state index in [0.717, 1.165) is 0 Å². The zero-order valence-corrected chi connectivity index (χ0v) is 22.5. The van der Waals surface area contributed by atoms with Gasteiger partial charge in [0.25, 0.3) is 10.1 Å². The van der Waals surface area contributed by atoms with E-state index in [-0.39, 0.29) is 22.5 Å². The maximum atomic E-state index is 10.8. The van der Waals surface area contributed by atoms with Crippen LogP contribution in [0.4, 0.5) is 5.82 Å². The molecular formula is C17H29N6O12S3-. The van der Waals surface area contributed by atoms with Gasteiger partial charge in [-0.05, 0) is 17.8 Å². The molecule has 0 aromatic carbocycles. The second-order valence-corrected chi connectivity index (χ2v) is 12.7. The number of carboxylic acids is 1. The van der Waals surface area contributed by atoms with Gasteiger partial charge >= 0.3 is 5.97 Å². The zero-order valence-electron chi connectivity index (χ0n) is 20.1. The highest BCUT2D eigenvalue weighted by Crippen LogP contribution is 2.32. The number of carbonyl (C=O) groups is 1. The highest BCUT2D eigenvalue weighted by atomic mass is 32.3. The topological polar surface area (TPSA) is 317 Å². The average Bonchev–Trinajstić information content (AvgIpc) is 3.33. The number of fused-ring (bicyclic) bond motifs is 1. The van der Waals surface area contributed by atoms with Crippen molar-refractivity contribution in [3.05, 3.63) is 12.7 Å². The third kappa shape index (κ3) is 11.3. The van der Waals surface area contributed by atoms with Crippen molar-refractivity contribution in [2.24, 2.45) is 5.73 Å². The Labute approximate surface area is 220 Å². The summed E-state index contributed by atoms with van der Waals surface area (Å²) in [6, 6.07) is -0.907. The van der Waals surface area contributed by atoms with Crippen LogP contribution in [0.2, 0.25) is 0 Å². The lowest BCUT2D eigenvalue weighted by atomic mass is 10.1. The number of rotatable bonds is 8. The number of aromatic nitrogens is 4. The lowest BCUT2D eigenvalue weighted by Gasteiger charge is -2.16. The van der Waals surface area contributed by atoms with E-state index in [4.69, 9.17) is 43.4 Å². The van der Waals surface area contributed by atoms with Gasteiger partial charge in [-0.3, -0.25) is 22.3 Å². The predicted molar refractivity (Wildman–Crippen MR) is 131 cm³/mol. The normalized spacial score (nSPS) is 23.1. The lowest BCUT2D eigenvalue weighted by molar-refractivity contribution is -0.138. The fraction of sp³-hybridized carbons (Fsp3) is 0.647. The molecule has 0 radical (unpaired) electrons. The zero-order chi connectivity index (χ0) is 29.4. The van der Waals surface area contributed by atoms with E-state index in [2.05, 4.69) is 15.0 Å². The molecule has 1 aliphatic rings. The first kappa shape index (κ1) is 33.8. The van der Waals surface area contributed by atoms with Gasteiger partial charge < -0.3 is 40.6 Å². The number of nitrogens with zero attached hydrogens (tertiary/aromatic N) is 4. The molecule has 6 atom stereocenters. The molecule has 0 aliphatic carbocycles. The van der Waals surface area contributed by atoms with E-state index >= 15 is 0 Å². The third-order valence-electron chi connectivity index (χ3n) is 4.91. The molecule has 2 aromatic rings. The van der Waals surface area contributed by atoms with Crippen LogP contribution in [0, 0.1) is 0 Å². The van der Waals surface area contributed by atoms with Gasteiger partial charge in [0, 0.05) is 16.8 Å². The Balaban J connectivity index is 0.000000554. The quantitative estimate of drug-likeness (QED) is 0.0971. The number of imidazole rings is 1. The molecule has 38 heavy (non-hydrogen) atoms. The van der Waals surface area contributed by atoms with Crippen molar-refractivity contribution < 1.29 is 55.3 Å². The summed E-state index contributed by atoms with van der Waals surface area (Å²) in [5.41, 5.74) is 12.1. The van der Waals surface area contributed by atoms with E-state index < -0.39 is 57.1 Å². The Morgan fingerprint density at radius 3 is 2.26 bits per heavy atom. The van der Waals surface area contributed by atoms with E-state index in [9.17, 15) is 23.4 Å². The van der Waals surface area contributed by atoms with Crippen LogP contribution in [0.3, 0.4) is 0 Å². The molecule has 1 fully saturated rings. The van der Waals surface area contributed by atoms with Crippen molar-refractivity contribution in [3.63, 3.8) is 0 Å². The van der Waals surface area contributed by atoms with Crippen molar-refractivity contribution in [1.29, 1.82) is 0 Å². The molecule has 2 aromatic heterocycles. The monoisotopic (exact) mass is 605 g/mol. The average molecular weight is 606 g/mol. The van der Waals surface area contributed by atoms with Crippen LogP contribution >= 0.6 is 0 Å². The predicted octanol–water partition coefficient (Wildman–Crippen LogP) is -3.37. The number of aliphatic carboxylic acids is 1. The van der Waals surface area contributed by atoms with Crippen LogP contribution in [0.1, 0.15) is 19.6 Å². The molecule has 18 nitrogen and oxygen atoms in total. The summed E-state index contributed by atoms with van der Waals surface area (Å²) in [6.07, 6.45) is 1.31. The summed E-state index contributed by atoms with van der Waals surface area (Å²) >= 11 is 0. The second-order valence-electron chi connectivity index (χ2n) is 7.79. The Kier molecular flexibility index (Phi) is 12.7. The number of nitrogen functional groups attached to an aromatic ring is 1. The molecule has 3 rings (SSSR count). The van der Waals surface area contributed by atoms with Crippen molar-refractivity contribution in [1.82, 2.24) is 19.5 Å². The van der Waals surface area contributed by atoms with E-state index in [1.54, 1.807) is 0 Å². The number of ether oxygens (including phenoxy) is 1. The Morgan fingerprint density at radius 2 is 1.76 bits per heavy atom. The fourth-order valence-corrected chi connectivity index (χ4v) is 4.63. The minimum atomic E-state index is -5.17. The number of anilines is 1. The molecule has 218 valence electrons. The smallest absolute Gasteiger partial charge is 0.320 e. The van der Waals surface area contributed by atoms with Crippen LogP contribution < -0.4 is 11.5 Å². The standard InChI is InChI=1S/C15H22N6O5S.C2H6O3S.H2O4S/c1-27(3-2-7(16)15(24)25)4-8-10(22)11(23)14(26-8)21-6-20-9-12(17)18-5-19-13(9)21;1-2-6(3,4)5;1-5(2,3)4/h5-8,10-11,14,22-23H,2-4,16H2,1H3,(H2-,17,18,19,24,25);2H2,1H3,(H,3,4,5);(H2,1,2,3,4)/p-1/t7-,8+,10+,11+,14+,27?;;/m0../s1. The fourth-order valence-electron chi connectivity index (χ4n) is 2.97. The van der Waals surface area contributed by atoms with Crippen LogP contribution in [0.25, 0.3) is 11.2 Å². The van der Waals surface area contributed by atoms with Gasteiger partial charge in [0.15, 0.2) is 17.7 Å². The number of hydrogen-bond acceptors (Lipinski definition) is 15. The van der Waals surface area contributed by atoms with Gasteiger partial charge in [-0.2, -0.15) is 8.42 Å². The van der Waals surface area contributed by atoms with E-state index in [1.807, 2.05) is 6.26 Å². The molecule has 8 N–H and O–H groups in total. The van der Waals surface area contributed by atoms with Gasteiger partial charge in [0.1, 0.15) is 47.7 Å². The maximum Gasteiger partial charge on any atom is 0.320 e. The van der Waals surface area contributed by atoms with Gasteiger partial charge in [0.05, 0.1) is 18.3 Å². The number of aliphatic hydroxyl groups excluding tert-OH is 2. The van der Waals surface area contributed by atoms with Crippen LogP contribution in [0.5, 0.6) is 0 Å².